The van der Waals surface area contributed by atoms with Gasteiger partial charge in [-0.2, -0.15) is 0 Å². The van der Waals surface area contributed by atoms with E-state index < -0.39 is 11.1 Å². The van der Waals surface area contributed by atoms with Gasteiger partial charge in [-0.1, -0.05) is 0 Å². The number of nitrogens with zero attached hydrogens (tertiary/aromatic N) is 1. The molecule has 4 rings (SSSR count). The number of nitro groups is 1. The van der Waals surface area contributed by atoms with Crippen molar-refractivity contribution >= 4 is 11.8 Å². The van der Waals surface area contributed by atoms with E-state index in [-0.39, 0.29) is 35.9 Å². The van der Waals surface area contributed by atoms with Crippen molar-refractivity contribution in [3.8, 4) is 5.75 Å². The molecule has 8 heteroatoms. The lowest BCUT2D eigenvalue weighted by Crippen LogP contribution is -2.44. The molecule has 1 aliphatic carbocycles. The number of non-ortho nitro benzene ring substituents is 1. The number of carbonyl (C=O) groups is 1. The van der Waals surface area contributed by atoms with Gasteiger partial charge in [-0.25, -0.2) is 4.79 Å². The smallest absolute Gasteiger partial charge is 0.428 e. The van der Waals surface area contributed by atoms with Gasteiger partial charge in [-0.05, 0) is 25.0 Å². The molecule has 5 atom stereocenters. The van der Waals surface area contributed by atoms with Crippen molar-refractivity contribution < 1.29 is 28.7 Å². The Kier molecular flexibility index (Phi) is 3.42. The summed E-state index contributed by atoms with van der Waals surface area (Å²) in [6.07, 6.45) is 0.240. The summed E-state index contributed by atoms with van der Waals surface area (Å²) in [6.45, 7) is 0.521. The monoisotopic (exact) mass is 321 g/mol. The van der Waals surface area contributed by atoms with Crippen LogP contribution in [0, 0.1) is 22.0 Å². The maximum atomic E-state index is 12.0. The van der Waals surface area contributed by atoms with Crippen LogP contribution in [0.4, 0.5) is 10.5 Å². The van der Waals surface area contributed by atoms with Crippen LogP contribution < -0.4 is 4.74 Å². The number of rotatable bonds is 3. The molecule has 8 nitrogen and oxygen atoms in total. The zero-order valence-corrected chi connectivity index (χ0v) is 12.1. The highest BCUT2D eigenvalue weighted by Gasteiger charge is 2.53. The lowest BCUT2D eigenvalue weighted by molar-refractivity contribution is -0.384. The van der Waals surface area contributed by atoms with Crippen molar-refractivity contribution in [1.82, 2.24) is 0 Å². The molecular formula is C15H15NO7. The zero-order chi connectivity index (χ0) is 16.0. The number of carbonyl (C=O) groups excluding carboxylic acids is 1. The predicted molar refractivity (Wildman–Crippen MR) is 74.8 cm³/mol. The quantitative estimate of drug-likeness (QED) is 0.364. The molecule has 2 heterocycles. The first kappa shape index (κ1) is 14.4. The summed E-state index contributed by atoms with van der Waals surface area (Å²) < 4.78 is 21.9. The molecule has 0 N–H and O–H groups in total. The first-order valence-corrected chi connectivity index (χ1v) is 7.50. The van der Waals surface area contributed by atoms with Crippen LogP contribution in [0.25, 0.3) is 0 Å². The van der Waals surface area contributed by atoms with E-state index in [2.05, 4.69) is 0 Å². The second kappa shape index (κ2) is 5.47. The maximum absolute atomic E-state index is 12.0. The average Bonchev–Trinajstić information content (AvgIpc) is 2.83. The van der Waals surface area contributed by atoms with Gasteiger partial charge < -0.3 is 18.9 Å². The van der Waals surface area contributed by atoms with Gasteiger partial charge in [-0.3, -0.25) is 10.1 Å². The Labute approximate surface area is 131 Å². The van der Waals surface area contributed by atoms with Crippen LogP contribution in [0.15, 0.2) is 24.3 Å². The van der Waals surface area contributed by atoms with Crippen LogP contribution in [0.2, 0.25) is 0 Å². The fourth-order valence-electron chi connectivity index (χ4n) is 3.59. The molecule has 5 unspecified atom stereocenters. The maximum Gasteiger partial charge on any atom is 0.514 e. The molecule has 1 saturated carbocycles. The first-order chi connectivity index (χ1) is 11.1. The van der Waals surface area contributed by atoms with E-state index in [4.69, 9.17) is 18.9 Å². The van der Waals surface area contributed by atoms with E-state index in [9.17, 15) is 14.9 Å². The summed E-state index contributed by atoms with van der Waals surface area (Å²) in [4.78, 5) is 22.0. The van der Waals surface area contributed by atoms with Crippen molar-refractivity contribution in [1.29, 1.82) is 0 Å². The highest BCUT2D eigenvalue weighted by atomic mass is 16.7. The largest absolute Gasteiger partial charge is 0.514 e. The van der Waals surface area contributed by atoms with Gasteiger partial charge in [0.05, 0.1) is 17.6 Å². The molecule has 3 aliphatic rings. The Bertz CT molecular complexity index is 623. The number of hydrogen-bond donors (Lipinski definition) is 0. The van der Waals surface area contributed by atoms with Crippen molar-refractivity contribution in [3.05, 3.63) is 34.4 Å². The molecule has 122 valence electrons. The summed E-state index contributed by atoms with van der Waals surface area (Å²) in [7, 11) is 0. The van der Waals surface area contributed by atoms with Crippen LogP contribution in [-0.2, 0) is 14.2 Å². The topological polar surface area (TPSA) is 97.1 Å². The van der Waals surface area contributed by atoms with Gasteiger partial charge >= 0.3 is 6.16 Å². The van der Waals surface area contributed by atoms with Crippen LogP contribution in [0.3, 0.4) is 0 Å². The van der Waals surface area contributed by atoms with E-state index in [0.29, 0.717) is 12.5 Å². The minimum absolute atomic E-state index is 0.0717. The molecule has 23 heavy (non-hydrogen) atoms. The molecular weight excluding hydrogens is 306 g/mol. The molecule has 2 aliphatic heterocycles. The molecule has 1 aromatic carbocycles. The Morgan fingerprint density at radius 2 is 2.00 bits per heavy atom. The fraction of sp³-hybridized carbons (Fsp3) is 0.533. The molecule has 2 saturated heterocycles. The highest BCUT2D eigenvalue weighted by Crippen LogP contribution is 2.46. The van der Waals surface area contributed by atoms with E-state index in [1.165, 1.54) is 24.3 Å². The van der Waals surface area contributed by atoms with E-state index in [1.807, 2.05) is 0 Å². The summed E-state index contributed by atoms with van der Waals surface area (Å²) in [5.41, 5.74) is -0.0717. The van der Waals surface area contributed by atoms with Crippen LogP contribution in [0.5, 0.6) is 5.75 Å². The first-order valence-electron chi connectivity index (χ1n) is 7.50. The van der Waals surface area contributed by atoms with Gasteiger partial charge in [0, 0.05) is 24.0 Å². The Morgan fingerprint density at radius 1 is 1.22 bits per heavy atom. The van der Waals surface area contributed by atoms with Gasteiger partial charge in [-0.15, -0.1) is 0 Å². The summed E-state index contributed by atoms with van der Waals surface area (Å²) in [5.74, 6) is 0.716. The Balaban J connectivity index is 1.39. The molecule has 0 aromatic heterocycles. The SMILES string of the molecule is O=C(Oc1ccc([N+](=O)[O-])cc1)OC1C2COC3OC1CC3C2. The van der Waals surface area contributed by atoms with Crippen molar-refractivity contribution in [3.63, 3.8) is 0 Å². The third-order valence-corrected chi connectivity index (χ3v) is 4.62. The number of nitro benzene ring substituents is 1. The average molecular weight is 321 g/mol. The lowest BCUT2D eigenvalue weighted by atomic mass is 9.78. The predicted octanol–water partition coefficient (Wildman–Crippen LogP) is 2.26. The number of ether oxygens (including phenoxy) is 4. The molecule has 3 fully saturated rings. The van der Waals surface area contributed by atoms with Crippen LogP contribution >= 0.6 is 0 Å². The summed E-state index contributed by atoms with van der Waals surface area (Å²) in [6, 6.07) is 5.25. The third kappa shape index (κ3) is 2.64. The molecule has 0 amide bonds. The standard InChI is InChI=1S/C15H15NO7/c17-15(21-11-3-1-10(2-4-11)16(18)19)23-13-9-5-8-6-12(13)22-14(8)20-7-9/h1-4,8-9,12-14H,5-7H2. The number of fused-ring (bicyclic) bond motifs is 2. The summed E-state index contributed by atoms with van der Waals surface area (Å²) in [5, 5.41) is 10.6. The van der Waals surface area contributed by atoms with Gasteiger partial charge in [0.15, 0.2) is 6.29 Å². The minimum Gasteiger partial charge on any atom is -0.428 e. The van der Waals surface area contributed by atoms with Crippen molar-refractivity contribution in [2.24, 2.45) is 11.8 Å². The van der Waals surface area contributed by atoms with Crippen molar-refractivity contribution in [2.45, 2.75) is 31.3 Å². The molecule has 1 aromatic rings. The molecule has 3 bridgehead atoms. The van der Waals surface area contributed by atoms with E-state index in [0.717, 1.165) is 12.8 Å². The van der Waals surface area contributed by atoms with Crippen LogP contribution in [-0.4, -0.2) is 36.2 Å². The number of benzene rings is 1. The normalized spacial score (nSPS) is 34.2. The lowest BCUT2D eigenvalue weighted by Gasteiger charge is -2.36. The van der Waals surface area contributed by atoms with E-state index in [1.54, 1.807) is 0 Å². The van der Waals surface area contributed by atoms with Gasteiger partial charge in [0.1, 0.15) is 11.9 Å². The Morgan fingerprint density at radius 3 is 2.74 bits per heavy atom. The van der Waals surface area contributed by atoms with E-state index >= 15 is 0 Å². The molecule has 0 spiro atoms. The van der Waals surface area contributed by atoms with Crippen LogP contribution in [0.1, 0.15) is 12.8 Å². The minimum atomic E-state index is -0.832. The highest BCUT2D eigenvalue weighted by molar-refractivity contribution is 5.64. The molecule has 0 radical (unpaired) electrons. The third-order valence-electron chi connectivity index (χ3n) is 4.62. The number of hydrogen-bond acceptors (Lipinski definition) is 7. The van der Waals surface area contributed by atoms with Crippen molar-refractivity contribution in [2.75, 3.05) is 6.61 Å². The summed E-state index contributed by atoms with van der Waals surface area (Å²) >= 11 is 0. The second-order valence-corrected chi connectivity index (χ2v) is 6.05. The Hall–Kier alpha value is -2.19. The van der Waals surface area contributed by atoms with Gasteiger partial charge in [0.2, 0.25) is 0 Å². The second-order valence-electron chi connectivity index (χ2n) is 6.05. The van der Waals surface area contributed by atoms with Gasteiger partial charge in [0.25, 0.3) is 5.69 Å². The zero-order valence-electron chi connectivity index (χ0n) is 12.1. The fourth-order valence-corrected chi connectivity index (χ4v) is 3.59.